The van der Waals surface area contributed by atoms with Crippen LogP contribution in [0.4, 0.5) is 5.69 Å². The molecule has 0 saturated heterocycles. The van der Waals surface area contributed by atoms with Gasteiger partial charge >= 0.3 is 0 Å². The number of nitroso groups, excluding NO2 is 1. The van der Waals surface area contributed by atoms with Gasteiger partial charge in [-0.05, 0) is 5.18 Å². The third-order valence-corrected chi connectivity index (χ3v) is 1.39. The first-order chi connectivity index (χ1) is 7.22. The van der Waals surface area contributed by atoms with Crippen LogP contribution in [0.1, 0.15) is 0 Å². The average molecular weight is 213 g/mol. The molecule has 0 spiro atoms. The van der Waals surface area contributed by atoms with E-state index < -0.39 is 22.9 Å². The van der Waals surface area contributed by atoms with Crippen LogP contribution in [-0.4, -0.2) is 5.11 Å². The van der Waals surface area contributed by atoms with Crippen LogP contribution >= 0.6 is 0 Å². The van der Waals surface area contributed by atoms with Crippen LogP contribution in [-0.2, 0) is 0 Å². The molecule has 9 heteroatoms. The predicted molar refractivity (Wildman–Crippen MR) is 46.4 cm³/mol. The number of benzene rings is 1. The van der Waals surface area contributed by atoms with Gasteiger partial charge < -0.3 is 14.8 Å². The summed E-state index contributed by atoms with van der Waals surface area (Å²) in [7, 11) is 0. The lowest BCUT2D eigenvalue weighted by atomic mass is 10.2. The van der Waals surface area contributed by atoms with Gasteiger partial charge in [0.25, 0.3) is 0 Å². The summed E-state index contributed by atoms with van der Waals surface area (Å²) in [4.78, 5) is 38.1. The quantitative estimate of drug-likeness (QED) is 0.587. The van der Waals surface area contributed by atoms with E-state index in [9.17, 15) is 14.7 Å². The number of rotatable bonds is 5. The Hall–Kier alpha value is -2.58. The van der Waals surface area contributed by atoms with Crippen molar-refractivity contribution in [2.45, 2.75) is 0 Å². The molecule has 9 nitrogen and oxygen atoms in total. The Balaban J connectivity index is 3.29. The SMILES string of the molecule is O=NOc1cc(O)cc(ON=O)c1N=O. The van der Waals surface area contributed by atoms with Crippen molar-refractivity contribution in [2.24, 2.45) is 15.9 Å². The molecule has 0 aromatic heterocycles. The van der Waals surface area contributed by atoms with Crippen molar-refractivity contribution >= 4 is 5.69 Å². The van der Waals surface area contributed by atoms with Crippen molar-refractivity contribution in [3.63, 3.8) is 0 Å². The summed E-state index contributed by atoms with van der Waals surface area (Å²) in [5.74, 6) is -1.31. The molecular weight excluding hydrogens is 210 g/mol. The molecule has 0 aliphatic heterocycles. The fourth-order valence-electron chi connectivity index (χ4n) is 0.878. The fraction of sp³-hybridized carbons (Fsp3) is 0. The molecule has 0 bridgehead atoms. The van der Waals surface area contributed by atoms with Gasteiger partial charge in [0.15, 0.2) is 27.9 Å². The summed E-state index contributed by atoms with van der Waals surface area (Å²) in [6, 6.07) is 1.80. The maximum Gasteiger partial charge on any atom is 0.199 e. The average Bonchev–Trinajstić information content (AvgIpc) is 2.18. The second kappa shape index (κ2) is 4.60. The Bertz CT molecular complexity index is 375. The van der Waals surface area contributed by atoms with Gasteiger partial charge in [-0.3, -0.25) is 0 Å². The molecule has 0 aliphatic rings. The van der Waals surface area contributed by atoms with Gasteiger partial charge in [-0.2, -0.15) is 0 Å². The van der Waals surface area contributed by atoms with E-state index >= 15 is 0 Å². The van der Waals surface area contributed by atoms with E-state index in [0.717, 1.165) is 12.1 Å². The van der Waals surface area contributed by atoms with Gasteiger partial charge in [0.05, 0.1) is 0 Å². The molecule has 0 radical (unpaired) electrons. The summed E-state index contributed by atoms with van der Waals surface area (Å²) in [6.45, 7) is 0. The van der Waals surface area contributed by atoms with Crippen LogP contribution in [0.5, 0.6) is 17.2 Å². The van der Waals surface area contributed by atoms with Crippen LogP contribution in [0.2, 0.25) is 0 Å². The van der Waals surface area contributed by atoms with Crippen LogP contribution in [0.15, 0.2) is 28.0 Å². The normalized spacial score (nSPS) is 9.07. The Kier molecular flexibility index (Phi) is 3.22. The number of phenolic OH excluding ortho intramolecular Hbond substituents is 1. The zero-order valence-corrected chi connectivity index (χ0v) is 6.98. The number of hydrogen-bond acceptors (Lipinski definition) is 9. The van der Waals surface area contributed by atoms with Gasteiger partial charge in [-0.15, -0.1) is 14.7 Å². The Morgan fingerprint density at radius 1 is 1.00 bits per heavy atom. The standard InChI is InChI=1S/C6H3N3O6/c10-3-1-4(14-8-12)6(7-11)5(2-3)15-9-13/h1-2,10H. The number of phenols is 1. The lowest BCUT2D eigenvalue weighted by molar-refractivity contribution is 0.315. The maximum absolute atomic E-state index is 10.3. The second-order valence-electron chi connectivity index (χ2n) is 2.21. The first-order valence-corrected chi connectivity index (χ1v) is 3.42. The molecule has 0 atom stereocenters. The summed E-state index contributed by atoms with van der Waals surface area (Å²) in [6.07, 6.45) is 0. The molecule has 78 valence electrons. The first kappa shape index (κ1) is 10.5. The predicted octanol–water partition coefficient (Wildman–Crippen LogP) is 1.91. The van der Waals surface area contributed by atoms with Crippen LogP contribution in [0.3, 0.4) is 0 Å². The van der Waals surface area contributed by atoms with E-state index in [0.29, 0.717) is 0 Å². The van der Waals surface area contributed by atoms with Crippen LogP contribution < -0.4 is 9.68 Å². The number of aromatic hydroxyl groups is 1. The van der Waals surface area contributed by atoms with Gasteiger partial charge in [-0.1, -0.05) is 0 Å². The molecular formula is C6H3N3O6. The van der Waals surface area contributed by atoms with E-state index in [2.05, 4.69) is 14.9 Å². The van der Waals surface area contributed by atoms with Crippen molar-refractivity contribution in [1.29, 1.82) is 0 Å². The zero-order valence-electron chi connectivity index (χ0n) is 6.98. The van der Waals surface area contributed by atoms with Gasteiger partial charge in [-0.25, -0.2) is 0 Å². The molecule has 0 unspecified atom stereocenters. The monoisotopic (exact) mass is 213 g/mol. The minimum atomic E-state index is -0.507. The number of nitrogens with zero attached hydrogens (tertiary/aromatic N) is 3. The summed E-state index contributed by atoms with van der Waals surface area (Å²) in [5.41, 5.74) is -0.507. The van der Waals surface area contributed by atoms with Gasteiger partial charge in [0.2, 0.25) is 0 Å². The summed E-state index contributed by atoms with van der Waals surface area (Å²) in [5, 5.41) is 15.6. The highest BCUT2D eigenvalue weighted by molar-refractivity contribution is 5.64. The zero-order chi connectivity index (χ0) is 11.3. The van der Waals surface area contributed by atoms with E-state index in [1.54, 1.807) is 0 Å². The van der Waals surface area contributed by atoms with Crippen molar-refractivity contribution in [1.82, 2.24) is 0 Å². The van der Waals surface area contributed by atoms with E-state index in [1.807, 2.05) is 10.7 Å². The third kappa shape index (κ3) is 2.21. The lowest BCUT2D eigenvalue weighted by Crippen LogP contribution is -1.86. The van der Waals surface area contributed by atoms with Gasteiger partial charge in [0.1, 0.15) is 5.75 Å². The molecule has 0 saturated carbocycles. The molecule has 1 aromatic rings. The van der Waals surface area contributed by atoms with Gasteiger partial charge in [0, 0.05) is 12.1 Å². The Morgan fingerprint density at radius 2 is 1.47 bits per heavy atom. The maximum atomic E-state index is 10.3. The third-order valence-electron chi connectivity index (χ3n) is 1.39. The van der Waals surface area contributed by atoms with Crippen LogP contribution in [0.25, 0.3) is 0 Å². The van der Waals surface area contributed by atoms with Crippen molar-refractivity contribution in [2.75, 3.05) is 0 Å². The second-order valence-corrected chi connectivity index (χ2v) is 2.21. The van der Waals surface area contributed by atoms with Crippen molar-refractivity contribution in [3.05, 3.63) is 26.9 Å². The lowest BCUT2D eigenvalue weighted by Gasteiger charge is -2.03. The molecule has 1 N–H and O–H groups in total. The molecule has 0 aliphatic carbocycles. The summed E-state index contributed by atoms with van der Waals surface area (Å²) >= 11 is 0. The molecule has 0 amide bonds. The fourth-order valence-corrected chi connectivity index (χ4v) is 0.878. The Morgan fingerprint density at radius 3 is 1.80 bits per heavy atom. The van der Waals surface area contributed by atoms with Crippen molar-refractivity contribution < 1.29 is 14.8 Å². The molecule has 1 rings (SSSR count). The Labute approximate surface area is 81.4 Å². The highest BCUT2D eigenvalue weighted by Gasteiger charge is 2.16. The molecule has 0 heterocycles. The summed E-state index contributed by atoms with van der Waals surface area (Å²) < 4.78 is 0. The van der Waals surface area contributed by atoms with E-state index in [-0.39, 0.29) is 0 Å². The highest BCUT2D eigenvalue weighted by Crippen LogP contribution is 2.41. The first-order valence-electron chi connectivity index (χ1n) is 3.42. The van der Waals surface area contributed by atoms with Crippen molar-refractivity contribution in [3.8, 4) is 17.2 Å². The van der Waals surface area contributed by atoms with E-state index in [1.165, 1.54) is 0 Å². The minimum absolute atomic E-state index is 0.417. The molecule has 15 heavy (non-hydrogen) atoms. The molecule has 0 fully saturated rings. The smallest absolute Gasteiger partial charge is 0.199 e. The molecule has 1 aromatic carbocycles. The number of hydrogen-bond donors (Lipinski definition) is 1. The minimum Gasteiger partial charge on any atom is -0.508 e. The van der Waals surface area contributed by atoms with E-state index in [4.69, 9.17) is 5.11 Å². The highest BCUT2D eigenvalue weighted by atomic mass is 16.7. The topological polar surface area (TPSA) is 127 Å². The largest absolute Gasteiger partial charge is 0.508 e. The van der Waals surface area contributed by atoms with Crippen LogP contribution in [0, 0.1) is 14.7 Å².